The van der Waals surface area contributed by atoms with Crippen LogP contribution in [-0.4, -0.2) is 22.0 Å². The first-order valence-corrected chi connectivity index (χ1v) is 6.63. The maximum absolute atomic E-state index is 12.1. The number of H-pyrrole nitrogens is 1. The summed E-state index contributed by atoms with van der Waals surface area (Å²) in [5, 5.41) is 12.5. The number of nitrogens with one attached hydrogen (secondary N) is 3. The minimum absolute atomic E-state index is 0.141. The van der Waals surface area contributed by atoms with Gasteiger partial charge in [0.2, 0.25) is 5.91 Å². The molecule has 0 aliphatic rings. The van der Waals surface area contributed by atoms with Crippen molar-refractivity contribution in [3.63, 3.8) is 0 Å². The molecule has 2 aromatic rings. The Hall–Kier alpha value is -2.63. The Morgan fingerprint density at radius 1 is 1.19 bits per heavy atom. The number of carbonyl (C=O) groups excluding carboxylic acids is 2. The highest BCUT2D eigenvalue weighted by molar-refractivity contribution is 5.95. The van der Waals surface area contributed by atoms with Crippen molar-refractivity contribution < 1.29 is 9.59 Å². The number of anilines is 1. The molecular weight excluding hydrogens is 268 g/mol. The summed E-state index contributed by atoms with van der Waals surface area (Å²) in [4.78, 5) is 23.0. The Morgan fingerprint density at radius 2 is 1.86 bits per heavy atom. The molecule has 2 amide bonds. The van der Waals surface area contributed by atoms with Gasteiger partial charge in [0.1, 0.15) is 0 Å². The number of hydrogen-bond acceptors (Lipinski definition) is 3. The number of hydrogen-bond donors (Lipinski definition) is 3. The molecule has 2 rings (SSSR count). The van der Waals surface area contributed by atoms with E-state index in [1.54, 1.807) is 24.3 Å². The fourth-order valence-electron chi connectivity index (χ4n) is 2.01. The molecule has 0 aliphatic heterocycles. The lowest BCUT2D eigenvalue weighted by Gasteiger charge is -2.07. The molecule has 0 radical (unpaired) electrons. The summed E-state index contributed by atoms with van der Waals surface area (Å²) in [6, 6.07) is 6.75. The molecule has 0 fully saturated rings. The lowest BCUT2D eigenvalue weighted by atomic mass is 10.1. The Kier molecular flexibility index (Phi) is 4.37. The summed E-state index contributed by atoms with van der Waals surface area (Å²) in [6.45, 7) is 5.69. The van der Waals surface area contributed by atoms with Gasteiger partial charge in [-0.3, -0.25) is 14.7 Å². The number of benzene rings is 1. The van der Waals surface area contributed by atoms with Gasteiger partial charge in [0.15, 0.2) is 0 Å². The van der Waals surface area contributed by atoms with Gasteiger partial charge < -0.3 is 10.6 Å². The lowest BCUT2D eigenvalue weighted by molar-refractivity contribution is -0.114. The van der Waals surface area contributed by atoms with E-state index in [4.69, 9.17) is 0 Å². The van der Waals surface area contributed by atoms with Gasteiger partial charge in [-0.2, -0.15) is 5.10 Å². The second-order valence-corrected chi connectivity index (χ2v) is 4.85. The summed E-state index contributed by atoms with van der Waals surface area (Å²) < 4.78 is 0. The zero-order valence-electron chi connectivity index (χ0n) is 12.3. The average Bonchev–Trinajstić information content (AvgIpc) is 2.75. The summed E-state index contributed by atoms with van der Waals surface area (Å²) in [7, 11) is 0. The predicted octanol–water partition coefficient (Wildman–Crippen LogP) is 1.91. The van der Waals surface area contributed by atoms with Gasteiger partial charge in [-0.05, 0) is 38.1 Å². The highest BCUT2D eigenvalue weighted by Gasteiger charge is 2.09. The normalized spacial score (nSPS) is 10.2. The molecule has 0 aliphatic carbocycles. The molecule has 0 bridgehead atoms. The number of carbonyl (C=O) groups is 2. The number of amides is 2. The van der Waals surface area contributed by atoms with Crippen LogP contribution in [0, 0.1) is 13.8 Å². The van der Waals surface area contributed by atoms with E-state index in [-0.39, 0.29) is 11.8 Å². The molecule has 0 unspecified atom stereocenters. The first kappa shape index (κ1) is 14.8. The zero-order chi connectivity index (χ0) is 15.4. The van der Waals surface area contributed by atoms with E-state index < -0.39 is 0 Å². The van der Waals surface area contributed by atoms with Crippen LogP contribution in [0.25, 0.3) is 0 Å². The molecule has 0 saturated heterocycles. The number of aromatic amines is 1. The van der Waals surface area contributed by atoms with Gasteiger partial charge in [0.05, 0.1) is 5.69 Å². The van der Waals surface area contributed by atoms with Gasteiger partial charge in [-0.15, -0.1) is 0 Å². The quantitative estimate of drug-likeness (QED) is 0.802. The van der Waals surface area contributed by atoms with Gasteiger partial charge in [0.25, 0.3) is 5.91 Å². The summed E-state index contributed by atoms with van der Waals surface area (Å²) in [5.41, 5.74) is 4.05. The van der Waals surface area contributed by atoms with Crippen LogP contribution in [0.5, 0.6) is 0 Å². The lowest BCUT2D eigenvalue weighted by Crippen LogP contribution is -2.23. The predicted molar refractivity (Wildman–Crippen MR) is 80.0 cm³/mol. The molecule has 3 N–H and O–H groups in total. The Bertz CT molecular complexity index is 639. The number of aryl methyl sites for hydroxylation is 2. The van der Waals surface area contributed by atoms with Crippen LogP contribution < -0.4 is 10.6 Å². The van der Waals surface area contributed by atoms with Gasteiger partial charge in [-0.25, -0.2) is 0 Å². The Balaban J connectivity index is 1.99. The van der Waals surface area contributed by atoms with Crippen LogP contribution in [-0.2, 0) is 11.3 Å². The summed E-state index contributed by atoms with van der Waals surface area (Å²) in [5.74, 6) is -0.303. The summed E-state index contributed by atoms with van der Waals surface area (Å²) in [6.07, 6.45) is 0. The maximum Gasteiger partial charge on any atom is 0.251 e. The number of rotatable bonds is 4. The van der Waals surface area contributed by atoms with Gasteiger partial charge >= 0.3 is 0 Å². The van der Waals surface area contributed by atoms with Crippen molar-refractivity contribution >= 4 is 17.5 Å². The van der Waals surface area contributed by atoms with Crippen LogP contribution >= 0.6 is 0 Å². The molecule has 21 heavy (non-hydrogen) atoms. The van der Waals surface area contributed by atoms with E-state index in [0.29, 0.717) is 17.8 Å². The molecule has 1 aromatic carbocycles. The molecule has 6 nitrogen and oxygen atoms in total. The van der Waals surface area contributed by atoms with Crippen molar-refractivity contribution in [1.29, 1.82) is 0 Å². The van der Waals surface area contributed by atoms with Crippen molar-refractivity contribution in [3.8, 4) is 0 Å². The van der Waals surface area contributed by atoms with Crippen LogP contribution in [0.4, 0.5) is 5.69 Å². The van der Waals surface area contributed by atoms with Crippen LogP contribution in [0.3, 0.4) is 0 Å². The molecule has 0 atom stereocenters. The Labute approximate surface area is 122 Å². The van der Waals surface area contributed by atoms with E-state index in [9.17, 15) is 9.59 Å². The monoisotopic (exact) mass is 286 g/mol. The Morgan fingerprint density at radius 3 is 2.38 bits per heavy atom. The first-order chi connectivity index (χ1) is 9.97. The highest BCUT2D eigenvalue weighted by Crippen LogP contribution is 2.11. The third-order valence-electron chi connectivity index (χ3n) is 3.17. The fourth-order valence-corrected chi connectivity index (χ4v) is 2.01. The topological polar surface area (TPSA) is 86.9 Å². The molecule has 1 heterocycles. The van der Waals surface area contributed by atoms with E-state index in [2.05, 4.69) is 20.8 Å². The maximum atomic E-state index is 12.1. The molecule has 0 saturated carbocycles. The molecule has 6 heteroatoms. The second kappa shape index (κ2) is 6.21. The van der Waals surface area contributed by atoms with E-state index >= 15 is 0 Å². The van der Waals surface area contributed by atoms with Crippen molar-refractivity contribution in [3.05, 3.63) is 46.8 Å². The molecular formula is C15H18N4O2. The highest BCUT2D eigenvalue weighted by atomic mass is 16.2. The van der Waals surface area contributed by atoms with E-state index in [1.807, 2.05) is 13.8 Å². The van der Waals surface area contributed by atoms with Crippen molar-refractivity contribution in [1.82, 2.24) is 15.5 Å². The fraction of sp³-hybridized carbons (Fsp3) is 0.267. The number of nitrogens with zero attached hydrogens (tertiary/aromatic N) is 1. The summed E-state index contributed by atoms with van der Waals surface area (Å²) >= 11 is 0. The standard InChI is InChI=1S/C15H18N4O2/c1-9-14(10(2)19-18-9)8-16-15(21)12-4-6-13(7-5-12)17-11(3)20/h4-7H,8H2,1-3H3,(H,16,21)(H,17,20)(H,18,19). The minimum Gasteiger partial charge on any atom is -0.348 e. The number of aromatic nitrogens is 2. The zero-order valence-corrected chi connectivity index (χ0v) is 12.3. The molecule has 0 spiro atoms. The second-order valence-electron chi connectivity index (χ2n) is 4.85. The largest absolute Gasteiger partial charge is 0.348 e. The molecule has 1 aromatic heterocycles. The van der Waals surface area contributed by atoms with E-state index in [0.717, 1.165) is 17.0 Å². The van der Waals surface area contributed by atoms with Crippen LogP contribution in [0.1, 0.15) is 34.2 Å². The minimum atomic E-state index is -0.163. The molecule has 110 valence electrons. The van der Waals surface area contributed by atoms with Crippen LogP contribution in [0.15, 0.2) is 24.3 Å². The van der Waals surface area contributed by atoms with E-state index in [1.165, 1.54) is 6.92 Å². The SMILES string of the molecule is CC(=O)Nc1ccc(C(=O)NCc2c(C)n[nH]c2C)cc1. The van der Waals surface area contributed by atoms with Gasteiger partial charge in [-0.1, -0.05) is 0 Å². The van der Waals surface area contributed by atoms with Crippen molar-refractivity contribution in [2.45, 2.75) is 27.3 Å². The third-order valence-corrected chi connectivity index (χ3v) is 3.17. The van der Waals surface area contributed by atoms with Crippen molar-refractivity contribution in [2.75, 3.05) is 5.32 Å². The van der Waals surface area contributed by atoms with Gasteiger partial charge in [0, 0.05) is 36.0 Å². The van der Waals surface area contributed by atoms with Crippen LogP contribution in [0.2, 0.25) is 0 Å². The average molecular weight is 286 g/mol. The first-order valence-electron chi connectivity index (χ1n) is 6.63. The van der Waals surface area contributed by atoms with Crippen molar-refractivity contribution in [2.24, 2.45) is 0 Å². The third kappa shape index (κ3) is 3.68. The smallest absolute Gasteiger partial charge is 0.251 e.